The minimum absolute atomic E-state index is 0.0188. The fraction of sp³-hybridized carbons (Fsp3) is 0.800. The van der Waals surface area contributed by atoms with Gasteiger partial charge >= 0.3 is 0 Å². The van der Waals surface area contributed by atoms with E-state index in [0.29, 0.717) is 0 Å². The first kappa shape index (κ1) is 10.0. The van der Waals surface area contributed by atoms with Crippen molar-refractivity contribution in [2.75, 3.05) is 13.1 Å². The van der Waals surface area contributed by atoms with E-state index in [1.165, 1.54) is 6.42 Å². The number of piperidine rings is 1. The Morgan fingerprint density at radius 3 is 2.31 bits per heavy atom. The molecule has 3 nitrogen and oxygen atoms in total. The highest BCUT2D eigenvalue weighted by atomic mass is 16.2. The van der Waals surface area contributed by atoms with E-state index in [1.54, 1.807) is 13.8 Å². The monoisotopic (exact) mass is 180 g/mol. The van der Waals surface area contributed by atoms with E-state index >= 15 is 0 Å². The van der Waals surface area contributed by atoms with E-state index in [1.807, 2.05) is 11.0 Å². The Balaban J connectivity index is 2.61. The third kappa shape index (κ3) is 2.21. The molecule has 1 fully saturated rings. The third-order valence-corrected chi connectivity index (χ3v) is 2.46. The van der Waals surface area contributed by atoms with Crippen LogP contribution in [0.2, 0.25) is 0 Å². The van der Waals surface area contributed by atoms with E-state index in [-0.39, 0.29) is 5.91 Å². The molecule has 1 amide bonds. The maximum atomic E-state index is 11.8. The van der Waals surface area contributed by atoms with Gasteiger partial charge in [-0.15, -0.1) is 0 Å². The normalized spacial score (nSPS) is 18.1. The molecule has 0 bridgehead atoms. The van der Waals surface area contributed by atoms with Gasteiger partial charge in [-0.3, -0.25) is 4.79 Å². The van der Waals surface area contributed by atoms with Crippen molar-refractivity contribution in [1.29, 1.82) is 5.26 Å². The number of rotatable bonds is 1. The molecule has 0 radical (unpaired) electrons. The van der Waals surface area contributed by atoms with Crippen LogP contribution in [0.25, 0.3) is 0 Å². The largest absolute Gasteiger partial charge is 0.341 e. The highest BCUT2D eigenvalue weighted by Gasteiger charge is 2.32. The van der Waals surface area contributed by atoms with Crippen LogP contribution in [-0.2, 0) is 4.79 Å². The number of hydrogen-bond acceptors (Lipinski definition) is 2. The Morgan fingerprint density at radius 2 is 1.85 bits per heavy atom. The zero-order chi connectivity index (χ0) is 9.90. The SMILES string of the molecule is CC(C)(C#N)C(=O)N1CCCCC1. The predicted molar refractivity (Wildman–Crippen MR) is 49.8 cm³/mol. The first-order valence-corrected chi connectivity index (χ1v) is 4.78. The molecule has 13 heavy (non-hydrogen) atoms. The maximum Gasteiger partial charge on any atom is 0.242 e. The minimum atomic E-state index is -0.850. The smallest absolute Gasteiger partial charge is 0.242 e. The van der Waals surface area contributed by atoms with E-state index < -0.39 is 5.41 Å². The van der Waals surface area contributed by atoms with Gasteiger partial charge in [-0.1, -0.05) is 0 Å². The lowest BCUT2D eigenvalue weighted by Gasteiger charge is -2.30. The zero-order valence-corrected chi connectivity index (χ0v) is 8.34. The highest BCUT2D eigenvalue weighted by molar-refractivity contribution is 5.84. The summed E-state index contributed by atoms with van der Waals surface area (Å²) in [5.74, 6) is -0.0188. The van der Waals surface area contributed by atoms with Crippen molar-refractivity contribution < 1.29 is 4.79 Å². The van der Waals surface area contributed by atoms with Crippen LogP contribution in [0.1, 0.15) is 33.1 Å². The van der Waals surface area contributed by atoms with Gasteiger partial charge in [-0.25, -0.2) is 0 Å². The quantitative estimate of drug-likeness (QED) is 0.614. The summed E-state index contributed by atoms with van der Waals surface area (Å²) in [6, 6.07) is 2.05. The average Bonchev–Trinajstić information content (AvgIpc) is 2.18. The molecule has 72 valence electrons. The Morgan fingerprint density at radius 1 is 1.31 bits per heavy atom. The summed E-state index contributed by atoms with van der Waals surface area (Å²) in [5.41, 5.74) is -0.850. The molecule has 0 spiro atoms. The third-order valence-electron chi connectivity index (χ3n) is 2.46. The molecule has 3 heteroatoms. The lowest BCUT2D eigenvalue weighted by Crippen LogP contribution is -2.43. The molecule has 0 aliphatic carbocycles. The standard InChI is InChI=1S/C10H16N2O/c1-10(2,8-11)9(13)12-6-4-3-5-7-12/h3-7H2,1-2H3. The number of carbonyl (C=O) groups is 1. The second kappa shape index (κ2) is 3.78. The molecule has 0 aromatic rings. The molecule has 0 unspecified atom stereocenters. The van der Waals surface area contributed by atoms with Gasteiger partial charge in [0.05, 0.1) is 6.07 Å². The van der Waals surface area contributed by atoms with Crippen molar-refractivity contribution in [1.82, 2.24) is 4.90 Å². The van der Waals surface area contributed by atoms with E-state index in [4.69, 9.17) is 5.26 Å². The Hall–Kier alpha value is -1.04. The van der Waals surface area contributed by atoms with Crippen LogP contribution in [0.4, 0.5) is 0 Å². The van der Waals surface area contributed by atoms with Crippen molar-refractivity contribution in [3.8, 4) is 6.07 Å². The first-order chi connectivity index (χ1) is 6.08. The second-order valence-electron chi connectivity index (χ2n) is 4.09. The fourth-order valence-electron chi connectivity index (χ4n) is 1.54. The van der Waals surface area contributed by atoms with Crippen LogP contribution in [0.3, 0.4) is 0 Å². The molecule has 0 atom stereocenters. The summed E-state index contributed by atoms with van der Waals surface area (Å²) in [6.45, 7) is 5.02. The van der Waals surface area contributed by atoms with Gasteiger partial charge in [-0.2, -0.15) is 5.26 Å². The number of likely N-dealkylation sites (tertiary alicyclic amines) is 1. The van der Waals surface area contributed by atoms with Crippen LogP contribution in [0.5, 0.6) is 0 Å². The van der Waals surface area contributed by atoms with Gasteiger partial charge < -0.3 is 4.90 Å². The first-order valence-electron chi connectivity index (χ1n) is 4.78. The molecular formula is C10H16N2O. The minimum Gasteiger partial charge on any atom is -0.341 e. The molecule has 1 heterocycles. The van der Waals surface area contributed by atoms with E-state index in [0.717, 1.165) is 25.9 Å². The molecule has 0 N–H and O–H groups in total. The van der Waals surface area contributed by atoms with E-state index in [9.17, 15) is 4.79 Å². The summed E-state index contributed by atoms with van der Waals surface area (Å²) in [6.07, 6.45) is 3.36. The lowest BCUT2D eigenvalue weighted by molar-refractivity contribution is -0.138. The van der Waals surface area contributed by atoms with Gasteiger partial charge in [0.25, 0.3) is 0 Å². The topological polar surface area (TPSA) is 44.1 Å². The molecule has 1 rings (SSSR count). The van der Waals surface area contributed by atoms with E-state index in [2.05, 4.69) is 0 Å². The maximum absolute atomic E-state index is 11.8. The van der Waals surface area contributed by atoms with Gasteiger partial charge in [0.15, 0.2) is 0 Å². The average molecular weight is 180 g/mol. The fourth-order valence-corrected chi connectivity index (χ4v) is 1.54. The Kier molecular flexibility index (Phi) is 2.92. The number of amides is 1. The highest BCUT2D eigenvalue weighted by Crippen LogP contribution is 2.20. The number of nitrogens with zero attached hydrogens (tertiary/aromatic N) is 2. The molecule has 1 saturated heterocycles. The number of carbonyl (C=O) groups excluding carboxylic acids is 1. The van der Waals surface area contributed by atoms with Crippen LogP contribution in [0.15, 0.2) is 0 Å². The Bertz CT molecular complexity index is 234. The van der Waals surface area contributed by atoms with Crippen molar-refractivity contribution >= 4 is 5.91 Å². The summed E-state index contributed by atoms with van der Waals surface area (Å²) in [7, 11) is 0. The lowest BCUT2D eigenvalue weighted by atomic mass is 9.93. The summed E-state index contributed by atoms with van der Waals surface area (Å²) >= 11 is 0. The molecule has 1 aliphatic rings. The van der Waals surface area contributed by atoms with Gasteiger partial charge in [0, 0.05) is 13.1 Å². The van der Waals surface area contributed by atoms with Crippen molar-refractivity contribution in [3.63, 3.8) is 0 Å². The van der Waals surface area contributed by atoms with Gasteiger partial charge in [0.1, 0.15) is 5.41 Å². The molecule has 0 saturated carbocycles. The Labute approximate surface area is 79.3 Å². The van der Waals surface area contributed by atoms with Crippen molar-refractivity contribution in [2.45, 2.75) is 33.1 Å². The predicted octanol–water partition coefficient (Wildman–Crippen LogP) is 1.55. The summed E-state index contributed by atoms with van der Waals surface area (Å²) in [4.78, 5) is 13.6. The van der Waals surface area contributed by atoms with Crippen LogP contribution < -0.4 is 0 Å². The van der Waals surface area contributed by atoms with Crippen LogP contribution in [0, 0.1) is 16.7 Å². The van der Waals surface area contributed by atoms with Crippen molar-refractivity contribution in [2.24, 2.45) is 5.41 Å². The molecular weight excluding hydrogens is 164 g/mol. The molecule has 0 aromatic carbocycles. The van der Waals surface area contributed by atoms with Gasteiger partial charge in [-0.05, 0) is 33.1 Å². The zero-order valence-electron chi connectivity index (χ0n) is 8.34. The number of hydrogen-bond donors (Lipinski definition) is 0. The molecule has 1 aliphatic heterocycles. The van der Waals surface area contributed by atoms with Crippen LogP contribution in [-0.4, -0.2) is 23.9 Å². The summed E-state index contributed by atoms with van der Waals surface area (Å²) < 4.78 is 0. The summed E-state index contributed by atoms with van der Waals surface area (Å²) in [5, 5.41) is 8.80. The molecule has 0 aromatic heterocycles. The van der Waals surface area contributed by atoms with Crippen molar-refractivity contribution in [3.05, 3.63) is 0 Å². The number of nitriles is 1. The van der Waals surface area contributed by atoms with Crippen LogP contribution >= 0.6 is 0 Å². The van der Waals surface area contributed by atoms with Gasteiger partial charge in [0.2, 0.25) is 5.91 Å². The second-order valence-corrected chi connectivity index (χ2v) is 4.09.